The second-order valence-corrected chi connectivity index (χ2v) is 4.09. The molecule has 0 saturated heterocycles. The maximum atomic E-state index is 9.22. The number of rotatable bonds is 3. The fourth-order valence-corrected chi connectivity index (χ4v) is 0. The first-order chi connectivity index (χ1) is 6.81. The van der Waals surface area contributed by atoms with E-state index >= 15 is 0 Å². The first-order valence-corrected chi connectivity index (χ1v) is 6.74. The summed E-state index contributed by atoms with van der Waals surface area (Å²) in [5.74, 6) is 0. The van der Waals surface area contributed by atoms with E-state index in [1.807, 2.05) is 0 Å². The summed E-state index contributed by atoms with van der Waals surface area (Å²) in [6.45, 7) is 0. The molecule has 3 atom stereocenters. The third kappa shape index (κ3) is 60.1. The summed E-state index contributed by atoms with van der Waals surface area (Å²) in [4.78, 5) is 27.7. The molecular weight excluding hydrogens is 300 g/mol. The van der Waals surface area contributed by atoms with Crippen molar-refractivity contribution in [3.05, 3.63) is 0 Å². The second kappa shape index (κ2) is 21.3. The zero-order chi connectivity index (χ0) is 12.9. The maximum Gasteiger partial charge on any atom is 3.00 e. The third-order valence-electron chi connectivity index (χ3n) is 0.500. The van der Waals surface area contributed by atoms with Crippen LogP contribution in [0.25, 0.3) is 0 Å². The van der Waals surface area contributed by atoms with Crippen molar-refractivity contribution < 1.29 is 41.9 Å². The zero-order valence-electron chi connectivity index (χ0n) is 8.75. The Bertz CT molecular complexity index is 165. The molecule has 13 heteroatoms. The van der Waals surface area contributed by atoms with Crippen molar-refractivity contribution >= 4 is 42.1 Å². The van der Waals surface area contributed by atoms with Crippen molar-refractivity contribution in [2.75, 3.05) is 21.3 Å². The van der Waals surface area contributed by atoms with Crippen LogP contribution in [0.2, 0.25) is 0 Å². The van der Waals surface area contributed by atoms with E-state index in [1.54, 1.807) is 0 Å². The van der Waals surface area contributed by atoms with Gasteiger partial charge in [0.25, 0.3) is 0 Å². The summed E-state index contributed by atoms with van der Waals surface area (Å²) in [6.07, 6.45) is 0. The Hall–Kier alpha value is 0.982. The molecule has 96 valence electrons. The molecular formula is C3H12AlO9P3. The molecule has 0 radical (unpaired) electrons. The topological polar surface area (TPSA) is 148 Å². The average Bonchev–Trinajstić information content (AvgIpc) is 2.19. The minimum Gasteiger partial charge on any atom is -0.781 e. The van der Waals surface area contributed by atoms with Crippen molar-refractivity contribution in [2.24, 2.45) is 0 Å². The van der Waals surface area contributed by atoms with Gasteiger partial charge < -0.3 is 41.9 Å². The molecule has 9 nitrogen and oxygen atoms in total. The minimum atomic E-state index is -2.87. The van der Waals surface area contributed by atoms with Crippen LogP contribution in [0.3, 0.4) is 0 Å². The SMILES string of the molecule is CO[PH](=O)[O-].CO[PH](=O)[O-].CO[PH](=O)[O-].[Al+3]. The summed E-state index contributed by atoms with van der Waals surface area (Å²) in [7, 11) is -5.26. The molecule has 0 amide bonds. The molecule has 0 aromatic carbocycles. The van der Waals surface area contributed by atoms with Gasteiger partial charge in [0.1, 0.15) is 24.8 Å². The molecule has 0 bridgehead atoms. The van der Waals surface area contributed by atoms with Gasteiger partial charge in [0.05, 0.1) is 0 Å². The van der Waals surface area contributed by atoms with Crippen LogP contribution in [0, 0.1) is 0 Å². The fourth-order valence-electron chi connectivity index (χ4n) is 0. The quantitative estimate of drug-likeness (QED) is 0.416. The van der Waals surface area contributed by atoms with E-state index in [0.717, 1.165) is 21.3 Å². The normalized spacial score (nSPS) is 13.9. The molecule has 3 unspecified atom stereocenters. The smallest absolute Gasteiger partial charge is 0.781 e. The Morgan fingerprint density at radius 1 is 0.688 bits per heavy atom. The Morgan fingerprint density at radius 3 is 0.750 bits per heavy atom. The molecule has 0 aliphatic heterocycles. The Labute approximate surface area is 106 Å². The van der Waals surface area contributed by atoms with Crippen LogP contribution in [-0.4, -0.2) is 38.7 Å². The molecule has 0 saturated carbocycles. The van der Waals surface area contributed by atoms with Crippen LogP contribution in [-0.2, 0) is 27.3 Å². The molecule has 0 rings (SSSR count). The van der Waals surface area contributed by atoms with Crippen molar-refractivity contribution in [3.8, 4) is 0 Å². The third-order valence-corrected chi connectivity index (χ3v) is 1.50. The Kier molecular flexibility index (Phi) is 34.2. The maximum absolute atomic E-state index is 9.22. The summed E-state index contributed by atoms with van der Waals surface area (Å²) in [6, 6.07) is 0. The molecule has 0 aromatic rings. The van der Waals surface area contributed by atoms with Gasteiger partial charge in [0.2, 0.25) is 0 Å². The van der Waals surface area contributed by atoms with E-state index in [4.69, 9.17) is 0 Å². The van der Waals surface area contributed by atoms with E-state index in [-0.39, 0.29) is 17.4 Å². The van der Waals surface area contributed by atoms with Crippen LogP contribution in [0.1, 0.15) is 0 Å². The molecule has 0 aromatic heterocycles. The van der Waals surface area contributed by atoms with Gasteiger partial charge in [-0.3, -0.25) is 0 Å². The van der Waals surface area contributed by atoms with Gasteiger partial charge in [-0.1, -0.05) is 0 Å². The van der Waals surface area contributed by atoms with Crippen molar-refractivity contribution in [3.63, 3.8) is 0 Å². The number of hydrogen-bond donors (Lipinski definition) is 0. The molecule has 0 spiro atoms. The summed E-state index contributed by atoms with van der Waals surface area (Å²) in [5.41, 5.74) is 0. The van der Waals surface area contributed by atoms with Gasteiger partial charge in [-0.05, 0) is 0 Å². The van der Waals surface area contributed by atoms with Gasteiger partial charge in [-0.25, -0.2) is 0 Å². The molecule has 0 fully saturated rings. The van der Waals surface area contributed by atoms with Crippen LogP contribution in [0.15, 0.2) is 0 Å². The van der Waals surface area contributed by atoms with E-state index < -0.39 is 24.8 Å². The Balaban J connectivity index is -0.0000000655. The summed E-state index contributed by atoms with van der Waals surface area (Å²) in [5, 5.41) is 0. The predicted molar refractivity (Wildman–Crippen MR) is 53.8 cm³/mol. The second-order valence-electron chi connectivity index (χ2n) is 1.36. The average molecular weight is 312 g/mol. The zero-order valence-corrected chi connectivity index (χ0v) is 12.9. The van der Waals surface area contributed by atoms with Crippen molar-refractivity contribution in [2.45, 2.75) is 0 Å². The first-order valence-electron chi connectivity index (χ1n) is 3.06. The van der Waals surface area contributed by atoms with Gasteiger partial charge in [-0.2, -0.15) is 0 Å². The van der Waals surface area contributed by atoms with Crippen LogP contribution < -0.4 is 14.7 Å². The monoisotopic (exact) mass is 312 g/mol. The van der Waals surface area contributed by atoms with E-state index in [9.17, 15) is 28.4 Å². The van der Waals surface area contributed by atoms with Gasteiger partial charge in [-0.15, -0.1) is 0 Å². The minimum absolute atomic E-state index is 0. The van der Waals surface area contributed by atoms with Crippen molar-refractivity contribution in [1.82, 2.24) is 0 Å². The van der Waals surface area contributed by atoms with E-state index in [0.29, 0.717) is 0 Å². The largest absolute Gasteiger partial charge is 3.00 e. The molecule has 0 N–H and O–H groups in total. The van der Waals surface area contributed by atoms with Gasteiger partial charge in [0.15, 0.2) is 0 Å². The van der Waals surface area contributed by atoms with Crippen LogP contribution in [0.4, 0.5) is 0 Å². The van der Waals surface area contributed by atoms with Crippen molar-refractivity contribution in [1.29, 1.82) is 0 Å². The summed E-state index contributed by atoms with van der Waals surface area (Å²) >= 11 is 0. The molecule has 0 aliphatic carbocycles. The first kappa shape index (κ1) is 25.7. The standard InChI is InChI=1S/3CH5O3P.Al/c3*1-4-5(2)3;/h3*5H,1H3,(H,2,3);/q;;;+3/p-3. The molecule has 16 heavy (non-hydrogen) atoms. The molecule has 0 heterocycles. The Morgan fingerprint density at radius 2 is 0.750 bits per heavy atom. The fraction of sp³-hybridized carbons (Fsp3) is 1.00. The van der Waals surface area contributed by atoms with Gasteiger partial charge in [0, 0.05) is 21.3 Å². The van der Waals surface area contributed by atoms with E-state index in [1.165, 1.54) is 0 Å². The van der Waals surface area contributed by atoms with Crippen LogP contribution >= 0.6 is 24.8 Å². The number of hydrogen-bond acceptors (Lipinski definition) is 9. The van der Waals surface area contributed by atoms with E-state index in [2.05, 4.69) is 13.6 Å². The summed E-state index contributed by atoms with van der Waals surface area (Å²) < 4.78 is 38.9. The predicted octanol–water partition coefficient (Wildman–Crippen LogP) is -2.23. The molecule has 0 aliphatic rings. The van der Waals surface area contributed by atoms with Crippen LogP contribution in [0.5, 0.6) is 0 Å². The van der Waals surface area contributed by atoms with Gasteiger partial charge >= 0.3 is 17.4 Å².